The molecular formula is C30H25N5O2. The first kappa shape index (κ1) is 23.7. The second-order valence-corrected chi connectivity index (χ2v) is 8.81. The number of nitrogens with zero attached hydrogens (tertiary/aromatic N) is 2. The number of hydrogen-bond acceptors (Lipinski definition) is 5. The molecule has 4 N–H and O–H groups in total. The maximum Gasteiger partial charge on any atom is 0.256 e. The van der Waals surface area contributed by atoms with Crippen LogP contribution in [0.25, 0.3) is 10.8 Å². The number of nitrogens with one attached hydrogen (secondary N) is 2. The molecule has 7 nitrogen and oxygen atoms in total. The summed E-state index contributed by atoms with van der Waals surface area (Å²) in [5, 5.41) is 7.78. The van der Waals surface area contributed by atoms with Gasteiger partial charge in [-0.1, -0.05) is 48.5 Å². The molecule has 0 unspecified atom stereocenters. The Labute approximate surface area is 214 Å². The molecule has 0 aliphatic carbocycles. The number of nitrogen functional groups attached to an aromatic ring is 1. The Morgan fingerprint density at radius 2 is 1.51 bits per heavy atom. The average Bonchev–Trinajstić information content (AvgIpc) is 2.90. The van der Waals surface area contributed by atoms with Crippen LogP contribution in [0.3, 0.4) is 0 Å². The van der Waals surface area contributed by atoms with E-state index in [4.69, 9.17) is 5.73 Å². The molecule has 7 heteroatoms. The summed E-state index contributed by atoms with van der Waals surface area (Å²) in [7, 11) is 0. The van der Waals surface area contributed by atoms with Crippen LogP contribution < -0.4 is 16.4 Å². The van der Waals surface area contributed by atoms with Crippen molar-refractivity contribution >= 4 is 39.6 Å². The smallest absolute Gasteiger partial charge is 0.256 e. The number of hydrogen-bond donors (Lipinski definition) is 3. The minimum absolute atomic E-state index is 0.245. The van der Waals surface area contributed by atoms with Crippen molar-refractivity contribution in [2.75, 3.05) is 16.4 Å². The molecule has 5 rings (SSSR count). The molecular weight excluding hydrogens is 462 g/mol. The van der Waals surface area contributed by atoms with Gasteiger partial charge in [-0.05, 0) is 65.2 Å². The highest BCUT2D eigenvalue weighted by Gasteiger charge is 2.13. The first-order chi connectivity index (χ1) is 17.9. The third kappa shape index (κ3) is 5.62. The van der Waals surface area contributed by atoms with Crippen LogP contribution in [0.15, 0.2) is 97.3 Å². The summed E-state index contributed by atoms with van der Waals surface area (Å²) in [4.78, 5) is 34.6. The first-order valence-corrected chi connectivity index (χ1v) is 11.8. The molecule has 4 aromatic carbocycles. The highest BCUT2D eigenvalue weighted by molar-refractivity contribution is 6.09. The van der Waals surface area contributed by atoms with E-state index in [1.807, 2.05) is 67.6 Å². The lowest BCUT2D eigenvalue weighted by molar-refractivity contribution is 0.101. The highest BCUT2D eigenvalue weighted by Crippen LogP contribution is 2.20. The summed E-state index contributed by atoms with van der Waals surface area (Å²) in [5.41, 5.74) is 10.3. The molecule has 5 aromatic rings. The molecule has 0 bridgehead atoms. The maximum absolute atomic E-state index is 13.0. The van der Waals surface area contributed by atoms with Gasteiger partial charge in [0.05, 0.1) is 18.1 Å². The molecule has 0 aliphatic rings. The van der Waals surface area contributed by atoms with E-state index in [9.17, 15) is 9.59 Å². The Hall–Kier alpha value is -5.04. The van der Waals surface area contributed by atoms with Gasteiger partial charge in [0.1, 0.15) is 5.82 Å². The van der Waals surface area contributed by atoms with Crippen LogP contribution in [0.2, 0.25) is 0 Å². The third-order valence-electron chi connectivity index (χ3n) is 6.03. The minimum atomic E-state index is -0.313. The fourth-order valence-electron chi connectivity index (χ4n) is 4.07. The van der Waals surface area contributed by atoms with Gasteiger partial charge in [0.15, 0.2) is 0 Å². The molecule has 182 valence electrons. The number of nitrogens with two attached hydrogens (primary N) is 1. The normalized spacial score (nSPS) is 10.7. The van der Waals surface area contributed by atoms with E-state index in [0.29, 0.717) is 40.4 Å². The van der Waals surface area contributed by atoms with Crippen molar-refractivity contribution in [1.82, 2.24) is 9.97 Å². The zero-order chi connectivity index (χ0) is 25.8. The monoisotopic (exact) mass is 487 g/mol. The van der Waals surface area contributed by atoms with Crippen LogP contribution in [0.5, 0.6) is 0 Å². The van der Waals surface area contributed by atoms with Gasteiger partial charge in [-0.15, -0.1) is 0 Å². The van der Waals surface area contributed by atoms with Gasteiger partial charge < -0.3 is 16.4 Å². The Balaban J connectivity index is 1.27. The number of fused-ring (bicyclic) bond motifs is 1. The molecule has 0 spiro atoms. The lowest BCUT2D eigenvalue weighted by Gasteiger charge is -2.11. The van der Waals surface area contributed by atoms with E-state index in [-0.39, 0.29) is 11.8 Å². The van der Waals surface area contributed by atoms with Crippen LogP contribution >= 0.6 is 0 Å². The van der Waals surface area contributed by atoms with Gasteiger partial charge in [-0.25, -0.2) is 9.97 Å². The molecule has 0 saturated heterocycles. The van der Waals surface area contributed by atoms with Crippen LogP contribution in [-0.4, -0.2) is 21.8 Å². The SMILES string of the molecule is Cc1ccc(NC(=O)c2ccc3ccccc3c2)cc1C(=O)Nc1cnc(Cc2cccc(N)c2)nc1. The van der Waals surface area contributed by atoms with Crippen LogP contribution in [0.4, 0.5) is 17.1 Å². The number of benzene rings is 4. The molecule has 2 amide bonds. The quantitative estimate of drug-likeness (QED) is 0.270. The largest absolute Gasteiger partial charge is 0.399 e. The number of rotatable bonds is 6. The van der Waals surface area contributed by atoms with Gasteiger partial charge in [0.25, 0.3) is 11.8 Å². The first-order valence-electron chi connectivity index (χ1n) is 11.8. The summed E-state index contributed by atoms with van der Waals surface area (Å²) in [6, 6.07) is 26.2. The molecule has 0 fully saturated rings. The van der Waals surface area contributed by atoms with Crippen molar-refractivity contribution in [2.24, 2.45) is 0 Å². The van der Waals surface area contributed by atoms with E-state index < -0.39 is 0 Å². The van der Waals surface area contributed by atoms with Crippen molar-refractivity contribution in [1.29, 1.82) is 0 Å². The van der Waals surface area contributed by atoms with Crippen molar-refractivity contribution in [3.05, 3.63) is 125 Å². The van der Waals surface area contributed by atoms with Gasteiger partial charge >= 0.3 is 0 Å². The fourth-order valence-corrected chi connectivity index (χ4v) is 4.07. The van der Waals surface area contributed by atoms with E-state index in [2.05, 4.69) is 20.6 Å². The number of anilines is 3. The fraction of sp³-hybridized carbons (Fsp3) is 0.0667. The van der Waals surface area contributed by atoms with Crippen LogP contribution in [0, 0.1) is 6.92 Å². The average molecular weight is 488 g/mol. The number of carbonyl (C=O) groups is 2. The van der Waals surface area contributed by atoms with Crippen molar-refractivity contribution in [3.63, 3.8) is 0 Å². The molecule has 0 saturated carbocycles. The van der Waals surface area contributed by atoms with Crippen LogP contribution in [-0.2, 0) is 6.42 Å². The number of aromatic nitrogens is 2. The lowest BCUT2D eigenvalue weighted by Crippen LogP contribution is -2.16. The molecule has 0 radical (unpaired) electrons. The zero-order valence-electron chi connectivity index (χ0n) is 20.2. The summed E-state index contributed by atoms with van der Waals surface area (Å²) in [6.45, 7) is 1.84. The Bertz CT molecular complexity index is 1610. The number of aryl methyl sites for hydroxylation is 1. The second-order valence-electron chi connectivity index (χ2n) is 8.81. The molecule has 1 heterocycles. The molecule has 0 atom stereocenters. The Morgan fingerprint density at radius 3 is 2.30 bits per heavy atom. The third-order valence-corrected chi connectivity index (χ3v) is 6.03. The van der Waals surface area contributed by atoms with Crippen LogP contribution in [0.1, 0.15) is 37.7 Å². The molecule has 0 aliphatic heterocycles. The lowest BCUT2D eigenvalue weighted by atomic mass is 10.1. The Kier molecular flexibility index (Phi) is 6.59. The molecule has 37 heavy (non-hydrogen) atoms. The zero-order valence-corrected chi connectivity index (χ0v) is 20.2. The molecule has 1 aromatic heterocycles. The van der Waals surface area contributed by atoms with Gasteiger partial charge in [-0.2, -0.15) is 0 Å². The van der Waals surface area contributed by atoms with E-state index in [0.717, 1.165) is 21.9 Å². The topological polar surface area (TPSA) is 110 Å². The summed E-state index contributed by atoms with van der Waals surface area (Å²) >= 11 is 0. The highest BCUT2D eigenvalue weighted by atomic mass is 16.2. The summed E-state index contributed by atoms with van der Waals surface area (Å²) in [6.07, 6.45) is 3.69. The number of amides is 2. The van der Waals surface area contributed by atoms with Gasteiger partial charge in [0, 0.05) is 28.9 Å². The standard InChI is InChI=1S/C30H25N5O2/c1-19-9-12-25(34-29(36)23-11-10-21-6-2-3-7-22(21)15-23)16-27(19)30(37)35-26-17-32-28(33-18-26)14-20-5-4-8-24(31)13-20/h2-13,15-18H,14,31H2,1H3,(H,34,36)(H,35,37). The Morgan fingerprint density at radius 1 is 0.757 bits per heavy atom. The minimum Gasteiger partial charge on any atom is -0.399 e. The summed E-state index contributed by atoms with van der Waals surface area (Å²) in [5.74, 6) is 0.0646. The van der Waals surface area contributed by atoms with E-state index >= 15 is 0 Å². The summed E-state index contributed by atoms with van der Waals surface area (Å²) < 4.78 is 0. The predicted molar refractivity (Wildman–Crippen MR) is 147 cm³/mol. The van der Waals surface area contributed by atoms with E-state index in [1.54, 1.807) is 36.7 Å². The van der Waals surface area contributed by atoms with Crippen molar-refractivity contribution in [3.8, 4) is 0 Å². The van der Waals surface area contributed by atoms with Gasteiger partial charge in [0.2, 0.25) is 0 Å². The predicted octanol–water partition coefficient (Wildman–Crippen LogP) is 5.62. The maximum atomic E-state index is 13.0. The van der Waals surface area contributed by atoms with Crippen molar-refractivity contribution in [2.45, 2.75) is 13.3 Å². The van der Waals surface area contributed by atoms with E-state index in [1.165, 1.54) is 0 Å². The van der Waals surface area contributed by atoms with Gasteiger partial charge in [-0.3, -0.25) is 9.59 Å². The second kappa shape index (κ2) is 10.3. The van der Waals surface area contributed by atoms with Crippen molar-refractivity contribution < 1.29 is 9.59 Å². The number of carbonyl (C=O) groups excluding carboxylic acids is 2.